The monoisotopic (exact) mass is 335 g/mol. The number of aryl methyl sites for hydroxylation is 1. The molecule has 0 radical (unpaired) electrons. The molecule has 2 aromatic rings. The molecule has 2 atom stereocenters. The Balaban J connectivity index is 1.41. The van der Waals surface area contributed by atoms with Crippen LogP contribution in [0, 0.1) is 17.6 Å². The number of hydrogen-bond acceptors (Lipinski definition) is 4. The maximum absolute atomic E-state index is 13.4. The number of anilines is 1. The topological polar surface area (TPSA) is 46.0 Å². The Kier molecular flexibility index (Phi) is 5.40. The summed E-state index contributed by atoms with van der Waals surface area (Å²) in [6.07, 6.45) is 5.32. The van der Waals surface area contributed by atoms with Crippen molar-refractivity contribution in [3.63, 3.8) is 0 Å². The van der Waals surface area contributed by atoms with Gasteiger partial charge in [-0.25, -0.2) is 13.8 Å². The van der Waals surface area contributed by atoms with Gasteiger partial charge in [0.15, 0.2) is 11.6 Å². The van der Waals surface area contributed by atoms with E-state index in [0.717, 1.165) is 44.7 Å². The van der Waals surface area contributed by atoms with E-state index in [4.69, 9.17) is 0 Å². The minimum Gasteiger partial charge on any atom is -0.371 e. The van der Waals surface area contributed by atoms with Crippen LogP contribution in [-0.2, 0) is 6.54 Å². The lowest BCUT2D eigenvalue weighted by molar-refractivity contribution is 0.420. The number of benzene rings is 1. The molecule has 5 nitrogen and oxygen atoms in total. The second-order valence-electron chi connectivity index (χ2n) is 6.46. The first-order valence-electron chi connectivity index (χ1n) is 8.37. The number of hydrogen-bond donors (Lipinski definition) is 1. The molecule has 1 aromatic heterocycles. The molecule has 1 N–H and O–H groups in total. The Hall–Kier alpha value is -2.02. The summed E-state index contributed by atoms with van der Waals surface area (Å²) in [5.74, 6) is -1.06. The summed E-state index contributed by atoms with van der Waals surface area (Å²) in [4.78, 5) is 6.05. The van der Waals surface area contributed by atoms with Gasteiger partial charge in [0, 0.05) is 37.4 Å². The molecule has 0 unspecified atom stereocenters. The van der Waals surface area contributed by atoms with Crippen molar-refractivity contribution >= 4 is 5.69 Å². The fourth-order valence-corrected chi connectivity index (χ4v) is 3.06. The minimum absolute atomic E-state index is 0.395. The summed E-state index contributed by atoms with van der Waals surface area (Å²) in [5, 5.41) is 7.65. The van der Waals surface area contributed by atoms with Gasteiger partial charge >= 0.3 is 0 Å². The summed E-state index contributed by atoms with van der Waals surface area (Å²) in [7, 11) is 0. The van der Waals surface area contributed by atoms with Crippen LogP contribution in [0.15, 0.2) is 30.9 Å². The lowest BCUT2D eigenvalue weighted by Gasteiger charge is -2.20. The zero-order chi connectivity index (χ0) is 16.9. The number of aromatic nitrogens is 3. The van der Waals surface area contributed by atoms with E-state index in [1.165, 1.54) is 12.1 Å². The van der Waals surface area contributed by atoms with Crippen LogP contribution in [0.25, 0.3) is 0 Å². The summed E-state index contributed by atoms with van der Waals surface area (Å²) >= 11 is 0. The van der Waals surface area contributed by atoms with Gasteiger partial charge in [0.05, 0.1) is 0 Å². The van der Waals surface area contributed by atoms with E-state index in [0.29, 0.717) is 12.0 Å². The SMILES string of the molecule is C[C@H](CCn1cncn1)NC[C@@H]1CCN(c2ccc(F)c(F)c2)C1. The van der Waals surface area contributed by atoms with E-state index >= 15 is 0 Å². The first-order valence-corrected chi connectivity index (χ1v) is 8.37. The molecule has 1 fully saturated rings. The fourth-order valence-electron chi connectivity index (χ4n) is 3.06. The molecule has 0 bridgehead atoms. The number of rotatable bonds is 7. The molecular formula is C17H23F2N5. The standard InChI is InChI=1S/C17H23F2N5/c1-13(4-7-24-12-20-11-22-24)21-9-14-5-6-23(10-14)15-2-3-16(18)17(19)8-15/h2-3,8,11-14,21H,4-7,9-10H2,1H3/t13-,14+/m1/s1. The van der Waals surface area contributed by atoms with Crippen molar-refractivity contribution in [1.29, 1.82) is 0 Å². The molecule has 0 aliphatic carbocycles. The third-order valence-electron chi connectivity index (χ3n) is 4.57. The van der Waals surface area contributed by atoms with Gasteiger partial charge in [-0.05, 0) is 44.4 Å². The van der Waals surface area contributed by atoms with Crippen molar-refractivity contribution in [2.75, 3.05) is 24.5 Å². The largest absolute Gasteiger partial charge is 0.371 e. The Morgan fingerprint density at radius 2 is 2.21 bits per heavy atom. The quantitative estimate of drug-likeness (QED) is 0.844. The molecule has 0 spiro atoms. The van der Waals surface area contributed by atoms with Gasteiger partial charge in [-0.1, -0.05) is 0 Å². The van der Waals surface area contributed by atoms with Crippen molar-refractivity contribution in [1.82, 2.24) is 20.1 Å². The fraction of sp³-hybridized carbons (Fsp3) is 0.529. The zero-order valence-corrected chi connectivity index (χ0v) is 13.8. The van der Waals surface area contributed by atoms with E-state index < -0.39 is 11.6 Å². The van der Waals surface area contributed by atoms with Gasteiger partial charge in [-0.2, -0.15) is 5.10 Å². The first-order chi connectivity index (χ1) is 11.6. The molecule has 0 saturated carbocycles. The van der Waals surface area contributed by atoms with Gasteiger partial charge < -0.3 is 10.2 Å². The predicted octanol–water partition coefficient (Wildman–Crippen LogP) is 2.45. The highest BCUT2D eigenvalue weighted by Gasteiger charge is 2.23. The second-order valence-corrected chi connectivity index (χ2v) is 6.46. The Bertz CT molecular complexity index is 646. The van der Waals surface area contributed by atoms with Gasteiger partial charge in [-0.15, -0.1) is 0 Å². The molecule has 7 heteroatoms. The van der Waals surface area contributed by atoms with Crippen LogP contribution in [0.5, 0.6) is 0 Å². The van der Waals surface area contributed by atoms with Crippen molar-refractivity contribution in [2.45, 2.75) is 32.4 Å². The molecule has 0 amide bonds. The zero-order valence-electron chi connectivity index (χ0n) is 13.8. The normalized spacial score (nSPS) is 19.0. The molecule has 1 aromatic carbocycles. The summed E-state index contributed by atoms with van der Waals surface area (Å²) in [6.45, 7) is 5.69. The lowest BCUT2D eigenvalue weighted by atomic mass is 10.1. The summed E-state index contributed by atoms with van der Waals surface area (Å²) in [6, 6.07) is 4.52. The van der Waals surface area contributed by atoms with E-state index in [9.17, 15) is 8.78 Å². The molecule has 1 aliphatic heterocycles. The maximum atomic E-state index is 13.4. The molecule has 1 aliphatic rings. The van der Waals surface area contributed by atoms with Gasteiger partial charge in [0.1, 0.15) is 12.7 Å². The highest BCUT2D eigenvalue weighted by Crippen LogP contribution is 2.25. The lowest BCUT2D eigenvalue weighted by Crippen LogP contribution is -2.33. The summed E-state index contributed by atoms with van der Waals surface area (Å²) < 4.78 is 28.2. The van der Waals surface area contributed by atoms with E-state index in [-0.39, 0.29) is 0 Å². The van der Waals surface area contributed by atoms with Crippen LogP contribution < -0.4 is 10.2 Å². The van der Waals surface area contributed by atoms with E-state index in [1.807, 2.05) is 4.68 Å². The van der Waals surface area contributed by atoms with Crippen molar-refractivity contribution in [3.8, 4) is 0 Å². The molecule has 130 valence electrons. The third-order valence-corrected chi connectivity index (χ3v) is 4.57. The maximum Gasteiger partial charge on any atom is 0.160 e. The van der Waals surface area contributed by atoms with Gasteiger partial charge in [0.2, 0.25) is 0 Å². The molecule has 24 heavy (non-hydrogen) atoms. The van der Waals surface area contributed by atoms with Crippen molar-refractivity contribution in [3.05, 3.63) is 42.5 Å². The molecule has 1 saturated heterocycles. The predicted molar refractivity (Wildman–Crippen MR) is 88.8 cm³/mol. The second kappa shape index (κ2) is 7.70. The van der Waals surface area contributed by atoms with Crippen LogP contribution in [0.3, 0.4) is 0 Å². The highest BCUT2D eigenvalue weighted by molar-refractivity contribution is 5.47. The van der Waals surface area contributed by atoms with Gasteiger partial charge in [-0.3, -0.25) is 4.68 Å². The van der Waals surface area contributed by atoms with Crippen LogP contribution >= 0.6 is 0 Å². The molecule has 3 rings (SSSR count). The van der Waals surface area contributed by atoms with Crippen LogP contribution in [0.4, 0.5) is 14.5 Å². The Morgan fingerprint density at radius 1 is 1.33 bits per heavy atom. The molecule has 2 heterocycles. The number of nitrogens with zero attached hydrogens (tertiary/aromatic N) is 4. The smallest absolute Gasteiger partial charge is 0.160 e. The molecular weight excluding hydrogens is 312 g/mol. The van der Waals surface area contributed by atoms with Crippen LogP contribution in [-0.4, -0.2) is 40.4 Å². The average Bonchev–Trinajstić information content (AvgIpc) is 3.25. The van der Waals surface area contributed by atoms with Crippen LogP contribution in [0.2, 0.25) is 0 Å². The average molecular weight is 335 g/mol. The van der Waals surface area contributed by atoms with Crippen molar-refractivity contribution < 1.29 is 8.78 Å². The number of nitrogens with one attached hydrogen (secondary N) is 1. The summed E-state index contributed by atoms with van der Waals surface area (Å²) in [5.41, 5.74) is 0.760. The number of halogens is 2. The van der Waals surface area contributed by atoms with E-state index in [1.54, 1.807) is 18.7 Å². The highest BCUT2D eigenvalue weighted by atomic mass is 19.2. The van der Waals surface area contributed by atoms with E-state index in [2.05, 4.69) is 27.2 Å². The minimum atomic E-state index is -0.794. The van der Waals surface area contributed by atoms with Gasteiger partial charge in [0.25, 0.3) is 0 Å². The van der Waals surface area contributed by atoms with Crippen LogP contribution in [0.1, 0.15) is 19.8 Å². The Labute approximate surface area is 140 Å². The Morgan fingerprint density at radius 3 is 2.96 bits per heavy atom. The third kappa shape index (κ3) is 4.29. The first kappa shape index (κ1) is 16.8. The van der Waals surface area contributed by atoms with Crippen molar-refractivity contribution in [2.24, 2.45) is 5.92 Å².